The van der Waals surface area contributed by atoms with Gasteiger partial charge in [-0.1, -0.05) is 61.9 Å². The summed E-state index contributed by atoms with van der Waals surface area (Å²) in [6.07, 6.45) is 4.89. The molecule has 1 unspecified atom stereocenters. The fourth-order valence-electron chi connectivity index (χ4n) is 5.38. The second kappa shape index (κ2) is 13.7. The zero-order valence-corrected chi connectivity index (χ0v) is 24.0. The Hall–Kier alpha value is -3.31. The number of Topliss-reactive ketones (excluding diaryl/α,β-unsaturated/α-hetero) is 1. The third kappa shape index (κ3) is 7.42. The van der Waals surface area contributed by atoms with E-state index in [1.165, 1.54) is 10.5 Å². The number of aliphatic hydroxyl groups is 1. The SMILES string of the molecule is CCc1cc(N[C@H](C=O)Cc2ccccc2)cc(CC)c1C1=C(O)CC(CCSc2ccc(C)cc2)CC1=O. The molecule has 0 bridgehead atoms. The summed E-state index contributed by atoms with van der Waals surface area (Å²) in [5.74, 6) is 1.33. The van der Waals surface area contributed by atoms with Crippen LogP contribution >= 0.6 is 11.8 Å². The molecule has 5 heteroatoms. The average molecular weight is 542 g/mol. The topological polar surface area (TPSA) is 66.4 Å². The molecule has 0 radical (unpaired) electrons. The van der Waals surface area contributed by atoms with E-state index in [-0.39, 0.29) is 23.5 Å². The minimum Gasteiger partial charge on any atom is -0.512 e. The van der Waals surface area contributed by atoms with E-state index >= 15 is 0 Å². The van der Waals surface area contributed by atoms with Gasteiger partial charge in [0.15, 0.2) is 5.78 Å². The maximum atomic E-state index is 13.4. The second-order valence-corrected chi connectivity index (χ2v) is 11.6. The van der Waals surface area contributed by atoms with Gasteiger partial charge in [-0.15, -0.1) is 11.8 Å². The van der Waals surface area contributed by atoms with Crippen LogP contribution in [0.4, 0.5) is 5.69 Å². The highest BCUT2D eigenvalue weighted by molar-refractivity contribution is 7.99. The molecule has 4 nitrogen and oxygen atoms in total. The number of ketones is 1. The third-order valence-electron chi connectivity index (χ3n) is 7.47. The van der Waals surface area contributed by atoms with Crippen LogP contribution in [0.3, 0.4) is 0 Å². The third-order valence-corrected chi connectivity index (χ3v) is 8.51. The van der Waals surface area contributed by atoms with Gasteiger partial charge in [-0.3, -0.25) is 4.79 Å². The molecule has 0 saturated carbocycles. The van der Waals surface area contributed by atoms with E-state index in [0.29, 0.717) is 24.8 Å². The van der Waals surface area contributed by atoms with Crippen LogP contribution in [0.1, 0.15) is 60.9 Å². The number of rotatable bonds is 12. The van der Waals surface area contributed by atoms with Crippen LogP contribution in [0.25, 0.3) is 5.57 Å². The monoisotopic (exact) mass is 541 g/mol. The van der Waals surface area contributed by atoms with Gasteiger partial charge in [0.2, 0.25) is 0 Å². The zero-order chi connectivity index (χ0) is 27.8. The maximum absolute atomic E-state index is 13.4. The van der Waals surface area contributed by atoms with E-state index in [2.05, 4.69) is 50.4 Å². The molecule has 39 heavy (non-hydrogen) atoms. The minimum absolute atomic E-state index is 0.0315. The van der Waals surface area contributed by atoms with Crippen molar-refractivity contribution >= 4 is 35.1 Å². The van der Waals surface area contributed by atoms with Crippen molar-refractivity contribution in [3.05, 3.63) is 100 Å². The molecule has 2 N–H and O–H groups in total. The van der Waals surface area contributed by atoms with Crippen LogP contribution in [-0.2, 0) is 28.9 Å². The van der Waals surface area contributed by atoms with E-state index < -0.39 is 0 Å². The smallest absolute Gasteiger partial charge is 0.167 e. The maximum Gasteiger partial charge on any atom is 0.167 e. The number of aldehydes is 1. The number of carbonyl (C=O) groups is 2. The first-order chi connectivity index (χ1) is 18.9. The molecule has 0 saturated heterocycles. The Bertz CT molecular complexity index is 1290. The Labute approximate surface area is 236 Å². The Morgan fingerprint density at radius 2 is 1.67 bits per heavy atom. The molecule has 0 spiro atoms. The Morgan fingerprint density at radius 1 is 1.00 bits per heavy atom. The van der Waals surface area contributed by atoms with Gasteiger partial charge >= 0.3 is 0 Å². The first kappa shape index (κ1) is 28.7. The highest BCUT2D eigenvalue weighted by Crippen LogP contribution is 2.38. The number of hydrogen-bond acceptors (Lipinski definition) is 5. The Kier molecular flexibility index (Phi) is 10.0. The van der Waals surface area contributed by atoms with Crippen molar-refractivity contribution in [3.8, 4) is 0 Å². The fraction of sp³-hybridized carbons (Fsp3) is 0.353. The largest absolute Gasteiger partial charge is 0.512 e. The number of aryl methyl sites for hydroxylation is 3. The molecule has 0 fully saturated rings. The number of aliphatic hydroxyl groups excluding tert-OH is 1. The van der Waals surface area contributed by atoms with Crippen molar-refractivity contribution < 1.29 is 14.7 Å². The molecule has 0 aliphatic heterocycles. The van der Waals surface area contributed by atoms with Crippen LogP contribution in [-0.4, -0.2) is 29.0 Å². The van der Waals surface area contributed by atoms with Crippen molar-refractivity contribution in [1.82, 2.24) is 0 Å². The highest BCUT2D eigenvalue weighted by Gasteiger charge is 2.31. The van der Waals surface area contributed by atoms with E-state index in [9.17, 15) is 14.7 Å². The average Bonchev–Trinajstić information content (AvgIpc) is 2.94. The number of carbonyl (C=O) groups excluding carboxylic acids is 2. The van der Waals surface area contributed by atoms with Crippen molar-refractivity contribution in [1.29, 1.82) is 0 Å². The molecule has 3 aromatic rings. The van der Waals surface area contributed by atoms with Crippen LogP contribution in [0.15, 0.2) is 77.4 Å². The van der Waals surface area contributed by atoms with Gasteiger partial charge in [-0.25, -0.2) is 0 Å². The van der Waals surface area contributed by atoms with Crippen molar-refractivity contribution in [2.45, 2.75) is 70.2 Å². The molecule has 1 aliphatic rings. The van der Waals surface area contributed by atoms with Crippen LogP contribution in [0.2, 0.25) is 0 Å². The van der Waals surface area contributed by atoms with E-state index in [0.717, 1.165) is 59.2 Å². The molecule has 0 amide bonds. The lowest BCUT2D eigenvalue weighted by molar-refractivity contribution is -0.115. The standard InChI is InChI=1S/C34H39NO3S/c1-4-26-20-28(35-29(22-36)17-24-9-7-6-8-10-24)21-27(5-2)33(26)34-31(37)18-25(19-32(34)38)15-16-39-30-13-11-23(3)12-14-30/h6-14,20-22,25,29,35,37H,4-5,15-19H2,1-3H3/t25?,29-/m0/s1. The van der Waals surface area contributed by atoms with E-state index in [1.807, 2.05) is 42.5 Å². The predicted molar refractivity (Wildman–Crippen MR) is 163 cm³/mol. The van der Waals surface area contributed by atoms with Gasteiger partial charge in [0.1, 0.15) is 12.0 Å². The first-order valence-electron chi connectivity index (χ1n) is 14.0. The second-order valence-electron chi connectivity index (χ2n) is 10.4. The number of hydrogen-bond donors (Lipinski definition) is 2. The summed E-state index contributed by atoms with van der Waals surface area (Å²) in [7, 11) is 0. The van der Waals surface area contributed by atoms with Crippen molar-refractivity contribution in [2.24, 2.45) is 5.92 Å². The summed E-state index contributed by atoms with van der Waals surface area (Å²) in [6.45, 7) is 6.22. The number of benzene rings is 3. The van der Waals surface area contributed by atoms with Gasteiger partial charge in [0.05, 0.1) is 11.6 Å². The minimum atomic E-state index is -0.352. The molecule has 204 valence electrons. The quantitative estimate of drug-likeness (QED) is 0.181. The van der Waals surface area contributed by atoms with E-state index in [4.69, 9.17) is 0 Å². The summed E-state index contributed by atoms with van der Waals surface area (Å²) in [5, 5.41) is 14.5. The van der Waals surface area contributed by atoms with Crippen LogP contribution in [0, 0.1) is 12.8 Å². The van der Waals surface area contributed by atoms with Gasteiger partial charge in [-0.2, -0.15) is 0 Å². The molecule has 1 aliphatic carbocycles. The fourth-order valence-corrected chi connectivity index (χ4v) is 6.40. The lowest BCUT2D eigenvalue weighted by Crippen LogP contribution is -2.24. The molecule has 0 aromatic heterocycles. The summed E-state index contributed by atoms with van der Waals surface area (Å²) >= 11 is 1.80. The van der Waals surface area contributed by atoms with Crippen LogP contribution < -0.4 is 5.32 Å². The lowest BCUT2D eigenvalue weighted by atomic mass is 9.79. The van der Waals surface area contributed by atoms with Crippen molar-refractivity contribution in [3.63, 3.8) is 0 Å². The Morgan fingerprint density at radius 3 is 2.26 bits per heavy atom. The number of thioether (sulfide) groups is 1. The van der Waals surface area contributed by atoms with Gasteiger partial charge < -0.3 is 15.2 Å². The highest BCUT2D eigenvalue weighted by atomic mass is 32.2. The molecule has 4 rings (SSSR count). The number of anilines is 1. The van der Waals surface area contributed by atoms with Gasteiger partial charge in [0, 0.05) is 23.4 Å². The summed E-state index contributed by atoms with van der Waals surface area (Å²) < 4.78 is 0. The number of allylic oxidation sites excluding steroid dienone is 2. The number of nitrogens with one attached hydrogen (secondary N) is 1. The molecular formula is C34H39NO3S. The summed E-state index contributed by atoms with van der Waals surface area (Å²) in [5.41, 5.74) is 6.63. The van der Waals surface area contributed by atoms with Gasteiger partial charge in [-0.05, 0) is 90.8 Å². The summed E-state index contributed by atoms with van der Waals surface area (Å²) in [4.78, 5) is 26.6. The first-order valence-corrected chi connectivity index (χ1v) is 15.0. The predicted octanol–water partition coefficient (Wildman–Crippen LogP) is 7.77. The molecule has 2 atom stereocenters. The normalized spacial score (nSPS) is 16.3. The molecule has 0 heterocycles. The zero-order valence-electron chi connectivity index (χ0n) is 23.2. The van der Waals surface area contributed by atoms with E-state index in [1.54, 1.807) is 11.8 Å². The molecule has 3 aromatic carbocycles. The lowest BCUT2D eigenvalue weighted by Gasteiger charge is -2.27. The van der Waals surface area contributed by atoms with Gasteiger partial charge in [0.25, 0.3) is 0 Å². The Balaban J connectivity index is 1.50. The van der Waals surface area contributed by atoms with Crippen LogP contribution in [0.5, 0.6) is 0 Å². The van der Waals surface area contributed by atoms with Crippen molar-refractivity contribution in [2.75, 3.05) is 11.1 Å². The summed E-state index contributed by atoms with van der Waals surface area (Å²) in [6, 6.07) is 22.2. The molecular weight excluding hydrogens is 502 g/mol.